The molecule has 0 aromatic carbocycles. The Labute approximate surface area is 455 Å². The molecule has 0 bridgehead atoms. The van der Waals surface area contributed by atoms with E-state index in [1.807, 2.05) is 0 Å². The van der Waals surface area contributed by atoms with Crippen molar-refractivity contribution in [3.8, 4) is 0 Å². The van der Waals surface area contributed by atoms with Gasteiger partial charge in [0.1, 0.15) is 13.2 Å². The van der Waals surface area contributed by atoms with E-state index in [9.17, 15) is 14.4 Å². The quantitative estimate of drug-likeness (QED) is 0.0261. The fourth-order valence-corrected chi connectivity index (χ4v) is 9.97. The highest BCUT2D eigenvalue weighted by atomic mass is 16.6. The maximum Gasteiger partial charge on any atom is 0.306 e. The van der Waals surface area contributed by atoms with E-state index >= 15 is 0 Å². The Morgan fingerprint density at radius 2 is 0.452 bits per heavy atom. The highest BCUT2D eigenvalue weighted by molar-refractivity contribution is 5.71. The summed E-state index contributed by atoms with van der Waals surface area (Å²) in [5.41, 5.74) is 0. The summed E-state index contributed by atoms with van der Waals surface area (Å²) in [5, 5.41) is 0. The highest BCUT2D eigenvalue weighted by Crippen LogP contribution is 2.18. The number of hydrogen-bond donors (Lipinski definition) is 0. The molecule has 6 nitrogen and oxygen atoms in total. The normalized spacial score (nSPS) is 12.1. The van der Waals surface area contributed by atoms with Crippen LogP contribution in [0.4, 0.5) is 0 Å². The second kappa shape index (κ2) is 62.4. The molecule has 0 fully saturated rings. The summed E-state index contributed by atoms with van der Waals surface area (Å²) in [7, 11) is 0. The monoisotopic (exact) mass is 1030 g/mol. The molecule has 0 heterocycles. The largest absolute Gasteiger partial charge is 0.462 e. The Kier molecular flexibility index (Phi) is 60.6. The Morgan fingerprint density at radius 3 is 0.699 bits per heavy atom. The molecule has 0 rings (SSSR count). The van der Waals surface area contributed by atoms with Crippen LogP contribution in [0.5, 0.6) is 0 Å². The van der Waals surface area contributed by atoms with Crippen LogP contribution in [0.15, 0.2) is 24.3 Å². The second-order valence-corrected chi connectivity index (χ2v) is 22.4. The zero-order chi connectivity index (χ0) is 52.9. The molecule has 1 atom stereocenters. The third kappa shape index (κ3) is 60.6. The van der Waals surface area contributed by atoms with Crippen LogP contribution in [-0.2, 0) is 28.6 Å². The fraction of sp³-hybridized carbons (Fsp3) is 0.896. The van der Waals surface area contributed by atoms with Gasteiger partial charge in [-0.1, -0.05) is 302 Å². The summed E-state index contributed by atoms with van der Waals surface area (Å²) < 4.78 is 16.9. The summed E-state index contributed by atoms with van der Waals surface area (Å²) in [6, 6.07) is 0. The van der Waals surface area contributed by atoms with Crippen LogP contribution in [0.1, 0.15) is 367 Å². The fourth-order valence-electron chi connectivity index (χ4n) is 9.97. The summed E-state index contributed by atoms with van der Waals surface area (Å²) in [6.45, 7) is 6.67. The lowest BCUT2D eigenvalue weighted by Gasteiger charge is -2.18. The number of unbranched alkanes of at least 4 members (excludes halogenated alkanes) is 46. The van der Waals surface area contributed by atoms with E-state index in [0.717, 1.165) is 64.2 Å². The lowest BCUT2D eigenvalue weighted by atomic mass is 10.0. The molecule has 1 unspecified atom stereocenters. The first-order valence-corrected chi connectivity index (χ1v) is 32.8. The van der Waals surface area contributed by atoms with Crippen molar-refractivity contribution < 1.29 is 28.6 Å². The van der Waals surface area contributed by atoms with Crippen LogP contribution in [0.3, 0.4) is 0 Å². The predicted molar refractivity (Wildman–Crippen MR) is 316 cm³/mol. The van der Waals surface area contributed by atoms with E-state index in [4.69, 9.17) is 14.2 Å². The lowest BCUT2D eigenvalue weighted by molar-refractivity contribution is -0.167. The van der Waals surface area contributed by atoms with E-state index in [0.29, 0.717) is 19.3 Å². The minimum atomic E-state index is -0.771. The first-order chi connectivity index (χ1) is 36.0. The maximum absolute atomic E-state index is 12.9. The maximum atomic E-state index is 12.9. The van der Waals surface area contributed by atoms with Crippen molar-refractivity contribution in [2.24, 2.45) is 0 Å². The van der Waals surface area contributed by atoms with Crippen molar-refractivity contribution >= 4 is 17.9 Å². The van der Waals surface area contributed by atoms with Gasteiger partial charge >= 0.3 is 17.9 Å². The van der Waals surface area contributed by atoms with Crippen LogP contribution in [0.2, 0.25) is 0 Å². The molecule has 0 saturated carbocycles. The number of carbonyl (C=O) groups is 3. The standard InChI is InChI=1S/C67H126O6/c1-4-7-10-13-16-19-22-25-26-27-28-29-30-31-32-33-34-35-36-37-38-39-40-43-45-48-51-54-57-60-66(69)72-63-64(73-67(70)61-58-55-52-49-46-42-24-21-18-15-12-9-6-3)62-71-65(68)59-56-53-50-47-44-41-23-20-17-14-11-8-5-2/h21,24,27-28,64H,4-20,22-23,25-26,29-63H2,1-3H3/b24-21-,28-27-. The summed E-state index contributed by atoms with van der Waals surface area (Å²) in [5.74, 6) is -0.853. The minimum Gasteiger partial charge on any atom is -0.462 e. The lowest BCUT2D eigenvalue weighted by Crippen LogP contribution is -2.30. The van der Waals surface area contributed by atoms with Gasteiger partial charge in [0.05, 0.1) is 0 Å². The summed E-state index contributed by atoms with van der Waals surface area (Å²) in [6.07, 6.45) is 74.9. The van der Waals surface area contributed by atoms with Crippen molar-refractivity contribution in [3.63, 3.8) is 0 Å². The van der Waals surface area contributed by atoms with E-state index < -0.39 is 6.10 Å². The first kappa shape index (κ1) is 70.9. The number of carbonyl (C=O) groups excluding carboxylic acids is 3. The zero-order valence-electron chi connectivity index (χ0n) is 49.4. The van der Waals surface area contributed by atoms with Crippen molar-refractivity contribution in [2.45, 2.75) is 374 Å². The SMILES string of the molecule is CCCCCC/C=C\CCCCCCCC(=O)OC(COC(=O)CCCCCCCCCCCCCCC)COC(=O)CCCCCCCCCCCCCCCCCCC/C=C\CCCCCCCCCC. The van der Waals surface area contributed by atoms with Gasteiger partial charge in [-0.05, 0) is 70.6 Å². The average Bonchev–Trinajstić information content (AvgIpc) is 3.39. The molecule has 0 saturated heterocycles. The van der Waals surface area contributed by atoms with Gasteiger partial charge in [-0.15, -0.1) is 0 Å². The number of allylic oxidation sites excluding steroid dienone is 4. The summed E-state index contributed by atoms with van der Waals surface area (Å²) in [4.78, 5) is 38.2. The number of ether oxygens (including phenoxy) is 3. The van der Waals surface area contributed by atoms with Gasteiger partial charge in [0.25, 0.3) is 0 Å². The Hall–Kier alpha value is -2.11. The van der Waals surface area contributed by atoms with E-state index in [1.165, 1.54) is 263 Å². The molecular formula is C67H126O6. The van der Waals surface area contributed by atoms with Gasteiger partial charge in [0.15, 0.2) is 6.10 Å². The topological polar surface area (TPSA) is 78.9 Å². The Balaban J connectivity index is 4.11. The molecule has 6 heteroatoms. The molecule has 430 valence electrons. The molecule has 0 N–H and O–H groups in total. The molecule has 0 spiro atoms. The van der Waals surface area contributed by atoms with Gasteiger partial charge in [0.2, 0.25) is 0 Å². The van der Waals surface area contributed by atoms with Crippen molar-refractivity contribution in [1.29, 1.82) is 0 Å². The average molecular weight is 1030 g/mol. The molecule has 0 aromatic heterocycles. The van der Waals surface area contributed by atoms with E-state index in [2.05, 4.69) is 45.1 Å². The van der Waals surface area contributed by atoms with Gasteiger partial charge in [-0.25, -0.2) is 0 Å². The van der Waals surface area contributed by atoms with Crippen LogP contribution in [-0.4, -0.2) is 37.2 Å². The Morgan fingerprint density at radius 1 is 0.260 bits per heavy atom. The smallest absolute Gasteiger partial charge is 0.306 e. The van der Waals surface area contributed by atoms with Gasteiger partial charge in [0, 0.05) is 19.3 Å². The highest BCUT2D eigenvalue weighted by Gasteiger charge is 2.19. The third-order valence-electron chi connectivity index (χ3n) is 14.9. The molecular weight excluding hydrogens is 901 g/mol. The van der Waals surface area contributed by atoms with Crippen molar-refractivity contribution in [2.75, 3.05) is 13.2 Å². The van der Waals surface area contributed by atoms with Crippen LogP contribution in [0.25, 0.3) is 0 Å². The molecule has 0 aliphatic rings. The van der Waals surface area contributed by atoms with Gasteiger partial charge in [-0.2, -0.15) is 0 Å². The predicted octanol–water partition coefficient (Wildman–Crippen LogP) is 22.2. The summed E-state index contributed by atoms with van der Waals surface area (Å²) >= 11 is 0. The number of esters is 3. The van der Waals surface area contributed by atoms with Crippen molar-refractivity contribution in [1.82, 2.24) is 0 Å². The van der Waals surface area contributed by atoms with Crippen LogP contribution >= 0.6 is 0 Å². The second-order valence-electron chi connectivity index (χ2n) is 22.4. The number of rotatable bonds is 61. The first-order valence-electron chi connectivity index (χ1n) is 32.8. The molecule has 0 aliphatic carbocycles. The van der Waals surface area contributed by atoms with Crippen LogP contribution < -0.4 is 0 Å². The van der Waals surface area contributed by atoms with Gasteiger partial charge in [-0.3, -0.25) is 14.4 Å². The third-order valence-corrected chi connectivity index (χ3v) is 14.9. The van der Waals surface area contributed by atoms with Crippen molar-refractivity contribution in [3.05, 3.63) is 24.3 Å². The molecule has 0 aliphatic heterocycles. The number of hydrogen-bond acceptors (Lipinski definition) is 6. The molecule has 0 aromatic rings. The molecule has 73 heavy (non-hydrogen) atoms. The molecule has 0 radical (unpaired) electrons. The zero-order valence-corrected chi connectivity index (χ0v) is 49.4. The van der Waals surface area contributed by atoms with E-state index in [-0.39, 0.29) is 31.1 Å². The van der Waals surface area contributed by atoms with E-state index in [1.54, 1.807) is 0 Å². The van der Waals surface area contributed by atoms with Crippen LogP contribution in [0, 0.1) is 0 Å². The minimum absolute atomic E-state index is 0.0690. The molecule has 0 amide bonds. The Bertz CT molecular complexity index is 1180. The van der Waals surface area contributed by atoms with Gasteiger partial charge < -0.3 is 14.2 Å².